The minimum Gasteiger partial charge on any atom is -0.480 e. The summed E-state index contributed by atoms with van der Waals surface area (Å²) in [6.45, 7) is 7.64. The van der Waals surface area contributed by atoms with E-state index in [1.54, 1.807) is 6.92 Å². The number of rotatable bonds is 8. The summed E-state index contributed by atoms with van der Waals surface area (Å²) < 4.78 is 11.1. The van der Waals surface area contributed by atoms with Gasteiger partial charge in [0.05, 0.1) is 17.7 Å². The average Bonchev–Trinajstić information content (AvgIpc) is 3.15. The van der Waals surface area contributed by atoms with E-state index < -0.39 is 17.9 Å². The highest BCUT2D eigenvalue weighted by Crippen LogP contribution is 2.24. The molecule has 0 saturated heterocycles. The van der Waals surface area contributed by atoms with E-state index in [2.05, 4.69) is 10.3 Å². The third kappa shape index (κ3) is 5.96. The van der Waals surface area contributed by atoms with Crippen molar-refractivity contribution >= 4 is 23.2 Å². The number of ether oxygens (including phenoxy) is 1. The van der Waals surface area contributed by atoms with Gasteiger partial charge in [-0.3, -0.25) is 4.79 Å². The number of aliphatic carboxylic acids is 1. The molecule has 2 heterocycles. The zero-order valence-electron chi connectivity index (χ0n) is 15.4. The average molecular weight is 380 g/mol. The molecule has 1 amide bonds. The van der Waals surface area contributed by atoms with Crippen LogP contribution in [0.2, 0.25) is 0 Å². The molecule has 0 aliphatic carbocycles. The SMILES string of the molecule is Cc1oc(-c2ccsc2)nc1CC(=O)NC(CCOC(C)(C)C)C(=O)O. The van der Waals surface area contributed by atoms with Gasteiger partial charge in [-0.1, -0.05) is 0 Å². The Balaban J connectivity index is 1.94. The predicted molar refractivity (Wildman–Crippen MR) is 98.1 cm³/mol. The van der Waals surface area contributed by atoms with E-state index in [0.29, 0.717) is 17.3 Å². The number of aromatic nitrogens is 1. The Hall–Kier alpha value is -2.19. The van der Waals surface area contributed by atoms with Crippen molar-refractivity contribution in [2.45, 2.75) is 52.2 Å². The second-order valence-electron chi connectivity index (χ2n) is 6.92. The van der Waals surface area contributed by atoms with Crippen LogP contribution in [0.3, 0.4) is 0 Å². The van der Waals surface area contributed by atoms with Gasteiger partial charge in [-0.2, -0.15) is 11.3 Å². The van der Waals surface area contributed by atoms with Gasteiger partial charge in [0.1, 0.15) is 11.8 Å². The number of carbonyl (C=O) groups is 2. The summed E-state index contributed by atoms with van der Waals surface area (Å²) >= 11 is 1.53. The lowest BCUT2D eigenvalue weighted by Gasteiger charge is -2.21. The number of thiophene rings is 1. The Bertz CT molecular complexity index is 746. The van der Waals surface area contributed by atoms with Gasteiger partial charge in [0.2, 0.25) is 11.8 Å². The van der Waals surface area contributed by atoms with Crippen LogP contribution in [0.25, 0.3) is 11.5 Å². The zero-order valence-corrected chi connectivity index (χ0v) is 16.2. The second kappa shape index (κ2) is 8.46. The van der Waals surface area contributed by atoms with Crippen LogP contribution in [-0.4, -0.2) is 40.2 Å². The summed E-state index contributed by atoms with van der Waals surface area (Å²) in [6, 6.07) is 0.878. The number of hydrogen-bond donors (Lipinski definition) is 2. The van der Waals surface area contributed by atoms with E-state index >= 15 is 0 Å². The summed E-state index contributed by atoms with van der Waals surface area (Å²) in [4.78, 5) is 28.0. The maximum atomic E-state index is 12.2. The number of amides is 1. The molecular weight excluding hydrogens is 356 g/mol. The molecule has 8 heteroatoms. The van der Waals surface area contributed by atoms with Crippen LogP contribution in [0.15, 0.2) is 21.2 Å². The van der Waals surface area contributed by atoms with Gasteiger partial charge in [0.25, 0.3) is 0 Å². The van der Waals surface area contributed by atoms with Gasteiger partial charge in [-0.25, -0.2) is 9.78 Å². The molecule has 2 aromatic rings. The van der Waals surface area contributed by atoms with Gasteiger partial charge in [0.15, 0.2) is 0 Å². The highest BCUT2D eigenvalue weighted by molar-refractivity contribution is 7.08. The molecule has 0 aliphatic rings. The number of carbonyl (C=O) groups excluding carboxylic acids is 1. The van der Waals surface area contributed by atoms with E-state index in [1.165, 1.54) is 11.3 Å². The van der Waals surface area contributed by atoms with Crippen molar-refractivity contribution in [1.82, 2.24) is 10.3 Å². The number of oxazole rings is 1. The molecule has 2 rings (SSSR count). The Labute approximate surface area is 156 Å². The molecule has 0 saturated carbocycles. The van der Waals surface area contributed by atoms with Gasteiger partial charge >= 0.3 is 5.97 Å². The summed E-state index contributed by atoms with van der Waals surface area (Å²) in [5.74, 6) is -0.502. The van der Waals surface area contributed by atoms with E-state index in [9.17, 15) is 14.7 Å². The van der Waals surface area contributed by atoms with Crippen LogP contribution in [0.1, 0.15) is 38.6 Å². The molecule has 26 heavy (non-hydrogen) atoms. The summed E-state index contributed by atoms with van der Waals surface area (Å²) in [5, 5.41) is 15.6. The van der Waals surface area contributed by atoms with E-state index in [4.69, 9.17) is 9.15 Å². The Morgan fingerprint density at radius 1 is 1.42 bits per heavy atom. The van der Waals surface area contributed by atoms with Crippen LogP contribution in [0.5, 0.6) is 0 Å². The number of hydrogen-bond acceptors (Lipinski definition) is 6. The lowest BCUT2D eigenvalue weighted by molar-refractivity contribution is -0.142. The van der Waals surface area contributed by atoms with Crippen LogP contribution in [-0.2, 0) is 20.7 Å². The standard InChI is InChI=1S/C18H24N2O5S/c1-11-14(20-16(25-11)12-6-8-26-10-12)9-15(21)19-13(17(22)23)5-7-24-18(2,3)4/h6,8,10,13H,5,7,9H2,1-4H3,(H,19,21)(H,22,23). The first-order valence-electron chi connectivity index (χ1n) is 8.30. The summed E-state index contributed by atoms with van der Waals surface area (Å²) in [5.41, 5.74) is 0.995. The van der Waals surface area contributed by atoms with E-state index in [1.807, 2.05) is 37.6 Å². The molecule has 0 bridgehead atoms. The molecule has 0 fully saturated rings. The number of aryl methyl sites for hydroxylation is 1. The van der Waals surface area contributed by atoms with Gasteiger partial charge in [0, 0.05) is 24.0 Å². The van der Waals surface area contributed by atoms with Crippen molar-refractivity contribution in [2.24, 2.45) is 0 Å². The van der Waals surface area contributed by atoms with E-state index in [0.717, 1.165) is 5.56 Å². The highest BCUT2D eigenvalue weighted by atomic mass is 32.1. The fourth-order valence-corrected chi connectivity index (χ4v) is 2.87. The quantitative estimate of drug-likeness (QED) is 0.730. The molecule has 0 aliphatic heterocycles. The second-order valence-corrected chi connectivity index (χ2v) is 7.70. The van der Waals surface area contributed by atoms with Crippen molar-refractivity contribution in [3.8, 4) is 11.5 Å². The molecular formula is C18H24N2O5S. The summed E-state index contributed by atoms with van der Waals surface area (Å²) in [6.07, 6.45) is 0.152. The molecule has 0 radical (unpaired) electrons. The normalized spacial score (nSPS) is 12.8. The third-order valence-corrected chi connectivity index (χ3v) is 4.25. The Kier molecular flexibility index (Phi) is 6.55. The lowest BCUT2D eigenvalue weighted by atomic mass is 10.1. The van der Waals surface area contributed by atoms with E-state index in [-0.39, 0.29) is 25.0 Å². The van der Waals surface area contributed by atoms with Gasteiger partial charge < -0.3 is 19.6 Å². The molecule has 0 spiro atoms. The van der Waals surface area contributed by atoms with Gasteiger partial charge in [-0.15, -0.1) is 0 Å². The van der Waals surface area contributed by atoms with Crippen LogP contribution >= 0.6 is 11.3 Å². The maximum absolute atomic E-state index is 12.2. The summed E-state index contributed by atoms with van der Waals surface area (Å²) in [7, 11) is 0. The Morgan fingerprint density at radius 3 is 2.73 bits per heavy atom. The number of nitrogens with one attached hydrogen (secondary N) is 1. The number of carboxylic acid groups (broad SMARTS) is 1. The number of nitrogens with zero attached hydrogens (tertiary/aromatic N) is 1. The fraction of sp³-hybridized carbons (Fsp3) is 0.500. The fourth-order valence-electron chi connectivity index (χ4n) is 2.24. The monoisotopic (exact) mass is 380 g/mol. The van der Waals surface area contributed by atoms with Crippen LogP contribution in [0.4, 0.5) is 0 Å². The minimum absolute atomic E-state index is 0.0383. The molecule has 1 atom stereocenters. The predicted octanol–water partition coefficient (Wildman–Crippen LogP) is 3.03. The smallest absolute Gasteiger partial charge is 0.326 e. The van der Waals surface area contributed by atoms with Crippen molar-refractivity contribution in [3.63, 3.8) is 0 Å². The topological polar surface area (TPSA) is 102 Å². The third-order valence-electron chi connectivity index (χ3n) is 3.56. The highest BCUT2D eigenvalue weighted by Gasteiger charge is 2.23. The largest absolute Gasteiger partial charge is 0.480 e. The van der Waals surface area contributed by atoms with Crippen molar-refractivity contribution in [1.29, 1.82) is 0 Å². The molecule has 1 unspecified atom stereocenters. The minimum atomic E-state index is -1.09. The molecule has 0 aromatic carbocycles. The van der Waals surface area contributed by atoms with Crippen LogP contribution < -0.4 is 5.32 Å². The molecule has 142 valence electrons. The molecule has 7 nitrogen and oxygen atoms in total. The number of carboxylic acids is 1. The first-order valence-corrected chi connectivity index (χ1v) is 9.25. The van der Waals surface area contributed by atoms with Crippen molar-refractivity contribution in [2.75, 3.05) is 6.61 Å². The Morgan fingerprint density at radius 2 is 2.15 bits per heavy atom. The molecule has 2 aromatic heterocycles. The zero-order chi connectivity index (χ0) is 19.3. The maximum Gasteiger partial charge on any atom is 0.326 e. The first kappa shape index (κ1) is 20.1. The van der Waals surface area contributed by atoms with Crippen LogP contribution in [0, 0.1) is 6.92 Å². The first-order chi connectivity index (χ1) is 12.2. The van der Waals surface area contributed by atoms with Crippen molar-refractivity contribution < 1.29 is 23.8 Å². The molecule has 2 N–H and O–H groups in total. The lowest BCUT2D eigenvalue weighted by Crippen LogP contribution is -2.42. The van der Waals surface area contributed by atoms with Gasteiger partial charge in [-0.05, 0) is 39.1 Å². The van der Waals surface area contributed by atoms with Crippen molar-refractivity contribution in [3.05, 3.63) is 28.3 Å².